The molecule has 20 heavy (non-hydrogen) atoms. The summed E-state index contributed by atoms with van der Waals surface area (Å²) in [6.07, 6.45) is 0.934. The summed E-state index contributed by atoms with van der Waals surface area (Å²) in [7, 11) is 0. The Kier molecular flexibility index (Phi) is 4.24. The average molecular weight is 418 g/mol. The van der Waals surface area contributed by atoms with Gasteiger partial charge in [-0.05, 0) is 52.3 Å². The minimum absolute atomic E-state index is 0.240. The van der Waals surface area contributed by atoms with Crippen molar-refractivity contribution in [3.05, 3.63) is 55.9 Å². The van der Waals surface area contributed by atoms with E-state index in [1.807, 2.05) is 30.3 Å². The zero-order valence-electron chi connectivity index (χ0n) is 10.5. The molecule has 0 aliphatic carbocycles. The molecule has 1 unspecified atom stereocenters. The topological polar surface area (TPSA) is 21.3 Å². The lowest BCUT2D eigenvalue weighted by Crippen LogP contribution is -2.20. The molecule has 0 fully saturated rings. The average Bonchev–Trinajstić information content (AvgIpc) is 2.44. The van der Waals surface area contributed by atoms with Crippen molar-refractivity contribution in [2.24, 2.45) is 0 Å². The van der Waals surface area contributed by atoms with Crippen molar-refractivity contribution in [2.75, 3.05) is 11.9 Å². The fourth-order valence-electron chi connectivity index (χ4n) is 2.30. The summed E-state index contributed by atoms with van der Waals surface area (Å²) in [5.41, 5.74) is 2.22. The highest BCUT2D eigenvalue weighted by Crippen LogP contribution is 2.37. The van der Waals surface area contributed by atoms with Crippen molar-refractivity contribution in [2.45, 2.75) is 12.5 Å². The molecule has 0 aromatic heterocycles. The Labute approximate surface area is 139 Å². The van der Waals surface area contributed by atoms with Crippen LogP contribution >= 0.6 is 43.5 Å². The lowest BCUT2D eigenvalue weighted by molar-refractivity contribution is 0.274. The predicted molar refractivity (Wildman–Crippen MR) is 89.8 cm³/mol. The second-order valence-electron chi connectivity index (χ2n) is 4.65. The fraction of sp³-hybridized carbons (Fsp3) is 0.200. The smallest absolute Gasteiger partial charge is 0.124 e. The summed E-state index contributed by atoms with van der Waals surface area (Å²) in [6, 6.07) is 12.2. The summed E-state index contributed by atoms with van der Waals surface area (Å²) >= 11 is 13.0. The molecule has 0 spiro atoms. The molecule has 104 valence electrons. The monoisotopic (exact) mass is 415 g/mol. The number of halogens is 3. The van der Waals surface area contributed by atoms with Crippen molar-refractivity contribution < 1.29 is 4.74 Å². The number of hydrogen-bond acceptors (Lipinski definition) is 2. The molecule has 3 rings (SSSR count). The van der Waals surface area contributed by atoms with Gasteiger partial charge >= 0.3 is 0 Å². The Morgan fingerprint density at radius 3 is 2.80 bits per heavy atom. The maximum absolute atomic E-state index is 6.02. The van der Waals surface area contributed by atoms with Gasteiger partial charge in [0.25, 0.3) is 0 Å². The second kappa shape index (κ2) is 5.96. The van der Waals surface area contributed by atoms with Gasteiger partial charge in [-0.15, -0.1) is 0 Å². The third-order valence-electron chi connectivity index (χ3n) is 3.27. The van der Waals surface area contributed by atoms with Crippen LogP contribution in [0.15, 0.2) is 45.3 Å². The standard InChI is InChI=1S/C15H12Br2ClNO/c16-9-1-4-15-11(7-9)14(5-6-20-15)19-10-2-3-13(18)12(17)8-10/h1-4,7-8,14,19H,5-6H2. The van der Waals surface area contributed by atoms with E-state index in [1.54, 1.807) is 0 Å². The SMILES string of the molecule is Clc1ccc(NC2CCOc3ccc(Br)cc32)cc1Br. The van der Waals surface area contributed by atoms with Gasteiger partial charge in [-0.1, -0.05) is 27.5 Å². The predicted octanol–water partition coefficient (Wildman–Crippen LogP) is 5.80. The van der Waals surface area contributed by atoms with Crippen LogP contribution in [0.5, 0.6) is 5.75 Å². The third kappa shape index (κ3) is 2.97. The highest BCUT2D eigenvalue weighted by molar-refractivity contribution is 9.10. The number of fused-ring (bicyclic) bond motifs is 1. The first-order valence-corrected chi connectivity index (χ1v) is 8.24. The second-order valence-corrected chi connectivity index (χ2v) is 6.82. The highest BCUT2D eigenvalue weighted by atomic mass is 79.9. The summed E-state index contributed by atoms with van der Waals surface area (Å²) < 4.78 is 7.65. The number of rotatable bonds is 2. The third-order valence-corrected chi connectivity index (χ3v) is 4.98. The molecule has 2 nitrogen and oxygen atoms in total. The molecule has 0 saturated carbocycles. The molecule has 0 radical (unpaired) electrons. The van der Waals surface area contributed by atoms with Crippen LogP contribution in [0.3, 0.4) is 0 Å². The first-order chi connectivity index (χ1) is 9.63. The van der Waals surface area contributed by atoms with Crippen LogP contribution in [0.4, 0.5) is 5.69 Å². The molecule has 0 saturated heterocycles. The zero-order valence-corrected chi connectivity index (χ0v) is 14.4. The molecular formula is C15H12Br2ClNO. The van der Waals surface area contributed by atoms with Gasteiger partial charge in [0.1, 0.15) is 5.75 Å². The molecule has 2 aromatic carbocycles. The highest BCUT2D eigenvalue weighted by Gasteiger charge is 2.21. The van der Waals surface area contributed by atoms with Crippen molar-refractivity contribution in [1.82, 2.24) is 0 Å². The van der Waals surface area contributed by atoms with Crippen molar-refractivity contribution >= 4 is 49.1 Å². The van der Waals surface area contributed by atoms with Gasteiger partial charge in [-0.2, -0.15) is 0 Å². The Morgan fingerprint density at radius 2 is 2.00 bits per heavy atom. The van der Waals surface area contributed by atoms with Crippen LogP contribution in [-0.2, 0) is 0 Å². The quantitative estimate of drug-likeness (QED) is 0.667. The lowest BCUT2D eigenvalue weighted by atomic mass is 10.0. The first-order valence-electron chi connectivity index (χ1n) is 6.27. The van der Waals surface area contributed by atoms with Crippen LogP contribution in [0.1, 0.15) is 18.0 Å². The summed E-state index contributed by atoms with van der Waals surface area (Å²) in [5, 5.41) is 4.26. The van der Waals surface area contributed by atoms with Gasteiger partial charge in [-0.3, -0.25) is 0 Å². The van der Waals surface area contributed by atoms with E-state index in [0.717, 1.165) is 33.4 Å². The van der Waals surface area contributed by atoms with E-state index in [4.69, 9.17) is 16.3 Å². The van der Waals surface area contributed by atoms with Crippen molar-refractivity contribution in [3.63, 3.8) is 0 Å². The molecule has 5 heteroatoms. The molecule has 1 aliphatic rings. The lowest BCUT2D eigenvalue weighted by Gasteiger charge is -2.27. The van der Waals surface area contributed by atoms with Gasteiger partial charge in [0, 0.05) is 26.6 Å². The largest absolute Gasteiger partial charge is 0.493 e. The van der Waals surface area contributed by atoms with E-state index in [-0.39, 0.29) is 6.04 Å². The Hall–Kier alpha value is -0.710. The van der Waals surface area contributed by atoms with E-state index in [0.29, 0.717) is 5.02 Å². The van der Waals surface area contributed by atoms with E-state index >= 15 is 0 Å². The number of hydrogen-bond donors (Lipinski definition) is 1. The summed E-state index contributed by atoms with van der Waals surface area (Å²) in [6.45, 7) is 0.723. The van der Waals surface area contributed by atoms with Crippen LogP contribution in [0.2, 0.25) is 5.02 Å². The Bertz CT molecular complexity index is 648. The number of ether oxygens (including phenoxy) is 1. The van der Waals surface area contributed by atoms with Gasteiger partial charge in [-0.25, -0.2) is 0 Å². The van der Waals surface area contributed by atoms with Crippen LogP contribution in [0.25, 0.3) is 0 Å². The molecule has 1 heterocycles. The molecular weight excluding hydrogens is 405 g/mol. The summed E-state index contributed by atoms with van der Waals surface area (Å²) in [4.78, 5) is 0. The number of benzene rings is 2. The Balaban J connectivity index is 1.89. The molecule has 1 aliphatic heterocycles. The normalized spacial score (nSPS) is 17.2. The fourth-order valence-corrected chi connectivity index (χ4v) is 3.18. The molecule has 0 amide bonds. The van der Waals surface area contributed by atoms with Crippen LogP contribution < -0.4 is 10.1 Å². The zero-order chi connectivity index (χ0) is 14.1. The van der Waals surface area contributed by atoms with E-state index in [2.05, 4.69) is 43.2 Å². The minimum atomic E-state index is 0.240. The maximum atomic E-state index is 6.02. The van der Waals surface area contributed by atoms with E-state index in [9.17, 15) is 0 Å². The van der Waals surface area contributed by atoms with Gasteiger partial charge in [0.15, 0.2) is 0 Å². The van der Waals surface area contributed by atoms with E-state index in [1.165, 1.54) is 5.56 Å². The molecule has 1 atom stereocenters. The van der Waals surface area contributed by atoms with Crippen molar-refractivity contribution in [1.29, 1.82) is 0 Å². The molecule has 2 aromatic rings. The van der Waals surface area contributed by atoms with Crippen LogP contribution in [-0.4, -0.2) is 6.61 Å². The van der Waals surface area contributed by atoms with Crippen molar-refractivity contribution in [3.8, 4) is 5.75 Å². The van der Waals surface area contributed by atoms with Gasteiger partial charge in [0.05, 0.1) is 17.7 Å². The first kappa shape index (κ1) is 14.2. The van der Waals surface area contributed by atoms with Crippen LogP contribution in [0, 0.1) is 0 Å². The number of anilines is 1. The minimum Gasteiger partial charge on any atom is -0.493 e. The van der Waals surface area contributed by atoms with Gasteiger partial charge < -0.3 is 10.1 Å². The molecule has 1 N–H and O–H groups in total. The summed E-state index contributed by atoms with van der Waals surface area (Å²) in [5.74, 6) is 0.949. The molecule has 0 bridgehead atoms. The Morgan fingerprint density at radius 1 is 1.15 bits per heavy atom. The number of nitrogens with one attached hydrogen (secondary N) is 1. The van der Waals surface area contributed by atoms with Gasteiger partial charge in [0.2, 0.25) is 0 Å². The van der Waals surface area contributed by atoms with E-state index < -0.39 is 0 Å². The maximum Gasteiger partial charge on any atom is 0.124 e.